The Kier molecular flexibility index (Phi) is 5.18. The molecule has 2 saturated heterocycles. The van der Waals surface area contributed by atoms with Gasteiger partial charge in [-0.2, -0.15) is 0 Å². The molecule has 0 spiro atoms. The summed E-state index contributed by atoms with van der Waals surface area (Å²) in [5.74, 6) is 1.68. The average molecular weight is 411 g/mol. The van der Waals surface area contributed by atoms with E-state index in [1.165, 1.54) is 11.1 Å². The number of carbonyl (C=O) groups excluding carboxylic acids is 1. The second-order valence-electron chi connectivity index (χ2n) is 8.51. The van der Waals surface area contributed by atoms with Gasteiger partial charge in [0.1, 0.15) is 6.04 Å². The molecule has 6 heteroatoms. The number of pyridine rings is 1. The quantitative estimate of drug-likeness (QED) is 0.813. The van der Waals surface area contributed by atoms with Gasteiger partial charge in [0.2, 0.25) is 5.91 Å². The number of aromatic nitrogens is 1. The molecule has 1 amide bonds. The monoisotopic (exact) mass is 410 g/mol. The van der Waals surface area contributed by atoms with Gasteiger partial charge in [0.15, 0.2) is 5.82 Å². The minimum absolute atomic E-state index is 0.0403. The third-order valence-corrected chi connectivity index (χ3v) is 6.85. The summed E-state index contributed by atoms with van der Waals surface area (Å²) in [6.45, 7) is 3.96. The van der Waals surface area contributed by atoms with Gasteiger partial charge < -0.3 is 10.2 Å². The lowest BCUT2D eigenvalue weighted by Gasteiger charge is -2.40. The zero-order valence-corrected chi connectivity index (χ0v) is 17.4. The number of likely N-dealkylation sites (tertiary alicyclic amines) is 1. The lowest BCUT2D eigenvalue weighted by molar-refractivity contribution is -0.118. The summed E-state index contributed by atoms with van der Waals surface area (Å²) in [5.41, 5.74) is 3.44. The number of fused-ring (bicyclic) bond motifs is 3. The summed E-state index contributed by atoms with van der Waals surface area (Å²) in [5, 5.41) is 3.90. The van der Waals surface area contributed by atoms with Gasteiger partial charge in [0.05, 0.1) is 5.69 Å². The van der Waals surface area contributed by atoms with Crippen LogP contribution >= 0.6 is 11.6 Å². The lowest BCUT2D eigenvalue weighted by atomic mass is 9.89. The van der Waals surface area contributed by atoms with Crippen LogP contribution in [0.4, 0.5) is 11.5 Å². The van der Waals surface area contributed by atoms with Crippen LogP contribution in [0, 0.1) is 0 Å². The number of anilines is 2. The van der Waals surface area contributed by atoms with Gasteiger partial charge in [-0.1, -0.05) is 23.7 Å². The number of benzene rings is 1. The normalized spacial score (nSPS) is 22.7. The van der Waals surface area contributed by atoms with Crippen molar-refractivity contribution >= 4 is 29.0 Å². The van der Waals surface area contributed by atoms with Crippen LogP contribution < -0.4 is 10.2 Å². The molecule has 4 heterocycles. The fourth-order valence-corrected chi connectivity index (χ4v) is 5.13. The molecule has 29 heavy (non-hydrogen) atoms. The molecule has 5 rings (SSSR count). The highest BCUT2D eigenvalue weighted by atomic mass is 35.5. The van der Waals surface area contributed by atoms with Crippen molar-refractivity contribution in [1.29, 1.82) is 0 Å². The number of hydrogen-bond donors (Lipinski definition) is 1. The van der Waals surface area contributed by atoms with Crippen molar-refractivity contribution in [2.75, 3.05) is 29.9 Å². The van der Waals surface area contributed by atoms with Crippen molar-refractivity contribution in [2.24, 2.45) is 0 Å². The Morgan fingerprint density at radius 3 is 2.66 bits per heavy atom. The number of piperidine rings is 2. The van der Waals surface area contributed by atoms with Gasteiger partial charge in [0, 0.05) is 24.3 Å². The summed E-state index contributed by atoms with van der Waals surface area (Å²) in [6, 6.07) is 10.4. The average Bonchev–Trinajstić information content (AvgIpc) is 2.75. The Morgan fingerprint density at radius 1 is 1.07 bits per heavy atom. The minimum Gasteiger partial charge on any atom is -0.343 e. The third-order valence-electron chi connectivity index (χ3n) is 6.59. The molecule has 0 bridgehead atoms. The first-order chi connectivity index (χ1) is 14.2. The van der Waals surface area contributed by atoms with Gasteiger partial charge in [0.25, 0.3) is 0 Å². The SMILES string of the molecule is O=C1Nc2cc(CN3CCC(c4ccc(Cl)cc4)CC3)cnc2N2CCCCC12. The molecule has 1 atom stereocenters. The van der Waals surface area contributed by atoms with E-state index in [4.69, 9.17) is 16.6 Å². The maximum Gasteiger partial charge on any atom is 0.247 e. The summed E-state index contributed by atoms with van der Waals surface area (Å²) in [6.07, 6.45) is 7.49. The van der Waals surface area contributed by atoms with Gasteiger partial charge in [-0.3, -0.25) is 9.69 Å². The molecule has 1 aromatic heterocycles. The van der Waals surface area contributed by atoms with E-state index >= 15 is 0 Å². The molecular weight excluding hydrogens is 384 g/mol. The van der Waals surface area contributed by atoms with E-state index in [0.29, 0.717) is 5.92 Å². The number of nitrogens with zero attached hydrogens (tertiary/aromatic N) is 3. The molecule has 3 aliphatic rings. The van der Waals surface area contributed by atoms with Crippen LogP contribution in [0.15, 0.2) is 36.5 Å². The van der Waals surface area contributed by atoms with E-state index in [0.717, 1.165) is 74.8 Å². The summed E-state index contributed by atoms with van der Waals surface area (Å²) in [4.78, 5) is 21.9. The van der Waals surface area contributed by atoms with Crippen molar-refractivity contribution < 1.29 is 4.79 Å². The molecule has 1 unspecified atom stereocenters. The van der Waals surface area contributed by atoms with E-state index < -0.39 is 0 Å². The molecule has 152 valence electrons. The highest BCUT2D eigenvalue weighted by molar-refractivity contribution is 6.30. The second-order valence-corrected chi connectivity index (χ2v) is 8.95. The predicted molar refractivity (Wildman–Crippen MR) is 117 cm³/mol. The Hall–Kier alpha value is -2.11. The highest BCUT2D eigenvalue weighted by Gasteiger charge is 2.35. The van der Waals surface area contributed by atoms with Crippen LogP contribution in [-0.4, -0.2) is 41.5 Å². The molecule has 2 aromatic rings. The van der Waals surface area contributed by atoms with Crippen molar-refractivity contribution in [2.45, 2.75) is 50.6 Å². The van der Waals surface area contributed by atoms with Gasteiger partial charge >= 0.3 is 0 Å². The zero-order valence-electron chi connectivity index (χ0n) is 16.6. The summed E-state index contributed by atoms with van der Waals surface area (Å²) < 4.78 is 0. The smallest absolute Gasteiger partial charge is 0.247 e. The van der Waals surface area contributed by atoms with Crippen molar-refractivity contribution in [3.63, 3.8) is 0 Å². The molecule has 2 fully saturated rings. The molecule has 3 aliphatic heterocycles. The molecular formula is C23H27ClN4O. The maximum absolute atomic E-state index is 12.5. The second kappa shape index (κ2) is 7.96. The molecule has 0 radical (unpaired) electrons. The topological polar surface area (TPSA) is 48.5 Å². The number of rotatable bonds is 3. The Morgan fingerprint density at radius 2 is 1.86 bits per heavy atom. The fraction of sp³-hybridized carbons (Fsp3) is 0.478. The Labute approximate surface area is 177 Å². The van der Waals surface area contributed by atoms with Crippen molar-refractivity contribution in [3.8, 4) is 0 Å². The van der Waals surface area contributed by atoms with E-state index in [1.54, 1.807) is 0 Å². The van der Waals surface area contributed by atoms with E-state index in [9.17, 15) is 4.79 Å². The fourth-order valence-electron chi connectivity index (χ4n) is 5.00. The largest absolute Gasteiger partial charge is 0.343 e. The number of nitrogens with one attached hydrogen (secondary N) is 1. The zero-order chi connectivity index (χ0) is 19.8. The molecule has 5 nitrogen and oxygen atoms in total. The van der Waals surface area contributed by atoms with E-state index in [1.807, 2.05) is 18.3 Å². The van der Waals surface area contributed by atoms with Gasteiger partial charge in [-0.15, -0.1) is 0 Å². The van der Waals surface area contributed by atoms with Crippen molar-refractivity contribution in [1.82, 2.24) is 9.88 Å². The first-order valence-electron chi connectivity index (χ1n) is 10.7. The van der Waals surface area contributed by atoms with E-state index in [-0.39, 0.29) is 11.9 Å². The van der Waals surface area contributed by atoms with Crippen LogP contribution in [-0.2, 0) is 11.3 Å². The van der Waals surface area contributed by atoms with Crippen molar-refractivity contribution in [3.05, 3.63) is 52.7 Å². The third kappa shape index (κ3) is 3.86. The molecule has 0 aliphatic carbocycles. The maximum atomic E-state index is 12.5. The van der Waals surface area contributed by atoms with Crippen LogP contribution in [0.3, 0.4) is 0 Å². The Balaban J connectivity index is 1.24. The van der Waals surface area contributed by atoms with Crippen LogP contribution in [0.5, 0.6) is 0 Å². The number of halogens is 1. The first kappa shape index (κ1) is 18.9. The van der Waals surface area contributed by atoms with Crippen LogP contribution in [0.1, 0.15) is 49.1 Å². The minimum atomic E-state index is -0.0403. The predicted octanol–water partition coefficient (Wildman–Crippen LogP) is 4.43. The highest BCUT2D eigenvalue weighted by Crippen LogP contribution is 2.35. The molecule has 1 aromatic carbocycles. The standard InChI is InChI=1S/C23H27ClN4O/c24-19-6-4-17(5-7-19)18-8-11-27(12-9-18)15-16-13-20-22(25-14-16)28-10-2-1-3-21(28)23(29)26-20/h4-7,13-14,18,21H,1-3,8-12,15H2,(H,26,29). The lowest BCUT2D eigenvalue weighted by Crippen LogP contribution is -2.51. The number of amides is 1. The summed E-state index contributed by atoms with van der Waals surface area (Å²) in [7, 11) is 0. The van der Waals surface area contributed by atoms with Crippen LogP contribution in [0.25, 0.3) is 0 Å². The van der Waals surface area contributed by atoms with Crippen LogP contribution in [0.2, 0.25) is 5.02 Å². The van der Waals surface area contributed by atoms with Gasteiger partial charge in [-0.25, -0.2) is 4.98 Å². The summed E-state index contributed by atoms with van der Waals surface area (Å²) >= 11 is 6.02. The first-order valence-corrected chi connectivity index (χ1v) is 11.1. The molecule has 1 N–H and O–H groups in total. The van der Waals surface area contributed by atoms with Gasteiger partial charge in [-0.05, 0) is 80.4 Å². The molecule has 0 saturated carbocycles. The number of hydrogen-bond acceptors (Lipinski definition) is 4. The number of carbonyl (C=O) groups is 1. The Bertz CT molecular complexity index is 892. The van der Waals surface area contributed by atoms with E-state index in [2.05, 4.69) is 33.3 Å².